The molecule has 0 aromatic heterocycles. The summed E-state index contributed by atoms with van der Waals surface area (Å²) in [5.41, 5.74) is 1.42. The highest BCUT2D eigenvalue weighted by Gasteiger charge is 2.22. The van der Waals surface area contributed by atoms with Crippen LogP contribution < -0.4 is 0 Å². The second-order valence-electron chi connectivity index (χ2n) is 4.92. The summed E-state index contributed by atoms with van der Waals surface area (Å²) in [6.45, 7) is 3.14. The molecule has 1 fully saturated rings. The van der Waals surface area contributed by atoms with Crippen molar-refractivity contribution in [2.75, 3.05) is 6.61 Å². The Hall–Kier alpha value is -0.340. The van der Waals surface area contributed by atoms with Crippen molar-refractivity contribution < 1.29 is 4.74 Å². The van der Waals surface area contributed by atoms with Gasteiger partial charge >= 0.3 is 0 Å². The van der Waals surface area contributed by atoms with Crippen molar-refractivity contribution in [2.45, 2.75) is 51.0 Å². The topological polar surface area (TPSA) is 9.23 Å². The number of hydrogen-bond donors (Lipinski definition) is 0. The first-order valence-corrected chi connectivity index (χ1v) is 7.46. The van der Waals surface area contributed by atoms with E-state index in [-0.39, 0.29) is 0 Å². The molecule has 0 aliphatic carbocycles. The fraction of sp³-hybridized carbons (Fsp3) is 0.600. The molecule has 0 N–H and O–H groups in total. The van der Waals surface area contributed by atoms with E-state index in [1.165, 1.54) is 37.7 Å². The van der Waals surface area contributed by atoms with Crippen molar-refractivity contribution in [1.82, 2.24) is 0 Å². The second kappa shape index (κ2) is 6.55. The van der Waals surface area contributed by atoms with Crippen LogP contribution >= 0.6 is 15.9 Å². The van der Waals surface area contributed by atoms with E-state index in [0.29, 0.717) is 12.0 Å². The summed E-state index contributed by atoms with van der Waals surface area (Å²) in [4.78, 5) is 0. The predicted molar refractivity (Wildman–Crippen MR) is 75.4 cm³/mol. The van der Waals surface area contributed by atoms with Crippen LogP contribution in [-0.4, -0.2) is 12.7 Å². The van der Waals surface area contributed by atoms with E-state index in [1.54, 1.807) is 0 Å². The summed E-state index contributed by atoms with van der Waals surface area (Å²) in [6.07, 6.45) is 6.82. The summed E-state index contributed by atoms with van der Waals surface area (Å²) < 4.78 is 7.12. The highest BCUT2D eigenvalue weighted by Crippen LogP contribution is 2.30. The standard InChI is InChI=1S/C15H21BrO/c1-2-3-4-15-10-7-13(11-17-15)12-5-8-14(16)9-6-12/h5-6,8-9,13,15H,2-4,7,10-11H2,1H3. The monoisotopic (exact) mass is 296 g/mol. The van der Waals surface area contributed by atoms with Crippen LogP contribution in [0.25, 0.3) is 0 Å². The zero-order valence-electron chi connectivity index (χ0n) is 10.5. The Balaban J connectivity index is 1.84. The molecule has 94 valence electrons. The van der Waals surface area contributed by atoms with E-state index < -0.39 is 0 Å². The minimum absolute atomic E-state index is 0.515. The number of ether oxygens (including phenoxy) is 1. The number of hydrogen-bond acceptors (Lipinski definition) is 1. The molecule has 1 heterocycles. The average molecular weight is 297 g/mol. The maximum absolute atomic E-state index is 5.97. The third-order valence-corrected chi connectivity index (χ3v) is 4.12. The van der Waals surface area contributed by atoms with E-state index in [0.717, 1.165) is 11.1 Å². The molecule has 2 atom stereocenters. The van der Waals surface area contributed by atoms with Crippen molar-refractivity contribution in [3.8, 4) is 0 Å². The van der Waals surface area contributed by atoms with E-state index >= 15 is 0 Å². The molecule has 1 aliphatic heterocycles. The lowest BCUT2D eigenvalue weighted by Crippen LogP contribution is -2.24. The van der Waals surface area contributed by atoms with E-state index in [2.05, 4.69) is 47.1 Å². The van der Waals surface area contributed by atoms with Crippen molar-refractivity contribution >= 4 is 15.9 Å². The molecule has 1 aromatic carbocycles. The molecule has 17 heavy (non-hydrogen) atoms. The van der Waals surface area contributed by atoms with E-state index in [4.69, 9.17) is 4.74 Å². The fourth-order valence-corrected chi connectivity index (χ4v) is 2.73. The van der Waals surface area contributed by atoms with Gasteiger partial charge in [-0.15, -0.1) is 0 Å². The number of halogens is 1. The van der Waals surface area contributed by atoms with Gasteiger partial charge < -0.3 is 4.74 Å². The predicted octanol–water partition coefficient (Wildman–Crippen LogP) is 4.90. The molecule has 2 rings (SSSR count). The van der Waals surface area contributed by atoms with Gasteiger partial charge in [0.2, 0.25) is 0 Å². The molecule has 1 aliphatic rings. The van der Waals surface area contributed by atoms with Gasteiger partial charge in [-0.25, -0.2) is 0 Å². The van der Waals surface area contributed by atoms with Crippen molar-refractivity contribution in [3.05, 3.63) is 34.3 Å². The lowest BCUT2D eigenvalue weighted by molar-refractivity contribution is -0.00189. The minimum atomic E-state index is 0.515. The highest BCUT2D eigenvalue weighted by molar-refractivity contribution is 9.10. The summed E-state index contributed by atoms with van der Waals surface area (Å²) in [6, 6.07) is 8.67. The Bertz CT molecular complexity index is 325. The molecule has 0 bridgehead atoms. The van der Waals surface area contributed by atoms with Crippen LogP contribution in [0.4, 0.5) is 0 Å². The van der Waals surface area contributed by atoms with Crippen molar-refractivity contribution in [1.29, 1.82) is 0 Å². The van der Waals surface area contributed by atoms with Crippen LogP contribution in [0.5, 0.6) is 0 Å². The summed E-state index contributed by atoms with van der Waals surface area (Å²) >= 11 is 3.48. The van der Waals surface area contributed by atoms with Gasteiger partial charge in [-0.3, -0.25) is 0 Å². The summed E-state index contributed by atoms with van der Waals surface area (Å²) in [7, 11) is 0. The van der Waals surface area contributed by atoms with Crippen molar-refractivity contribution in [3.63, 3.8) is 0 Å². The van der Waals surface area contributed by atoms with E-state index in [9.17, 15) is 0 Å². The lowest BCUT2D eigenvalue weighted by atomic mass is 9.90. The van der Waals surface area contributed by atoms with Crippen LogP contribution in [0.2, 0.25) is 0 Å². The lowest BCUT2D eigenvalue weighted by Gasteiger charge is -2.29. The van der Waals surface area contributed by atoms with Gasteiger partial charge in [-0.2, -0.15) is 0 Å². The minimum Gasteiger partial charge on any atom is -0.378 e. The molecular formula is C15H21BrO. The molecule has 0 spiro atoms. The Kier molecular flexibility index (Phi) is 5.05. The molecule has 1 aromatic rings. The first-order valence-electron chi connectivity index (χ1n) is 6.66. The molecule has 1 saturated heterocycles. The molecular weight excluding hydrogens is 276 g/mol. The van der Waals surface area contributed by atoms with Crippen LogP contribution in [0.1, 0.15) is 50.5 Å². The van der Waals surface area contributed by atoms with Crippen LogP contribution in [0.3, 0.4) is 0 Å². The Morgan fingerprint density at radius 2 is 2.00 bits per heavy atom. The third-order valence-electron chi connectivity index (χ3n) is 3.59. The Morgan fingerprint density at radius 1 is 1.24 bits per heavy atom. The Morgan fingerprint density at radius 3 is 2.59 bits per heavy atom. The zero-order valence-corrected chi connectivity index (χ0v) is 12.1. The number of rotatable bonds is 4. The van der Waals surface area contributed by atoms with Crippen LogP contribution in [-0.2, 0) is 4.74 Å². The zero-order chi connectivity index (χ0) is 12.1. The number of benzene rings is 1. The smallest absolute Gasteiger partial charge is 0.0575 e. The normalized spacial score (nSPS) is 24.8. The molecule has 1 nitrogen and oxygen atoms in total. The fourth-order valence-electron chi connectivity index (χ4n) is 2.46. The number of unbranched alkanes of at least 4 members (excludes halogenated alkanes) is 1. The molecule has 0 radical (unpaired) electrons. The van der Waals surface area contributed by atoms with Gasteiger partial charge in [0.1, 0.15) is 0 Å². The SMILES string of the molecule is CCCCC1CCC(c2ccc(Br)cc2)CO1. The first kappa shape index (κ1) is 13.1. The van der Waals surface area contributed by atoms with Gasteiger partial charge in [0, 0.05) is 10.4 Å². The average Bonchev–Trinajstić information content (AvgIpc) is 2.38. The summed E-state index contributed by atoms with van der Waals surface area (Å²) in [5.74, 6) is 0.598. The third kappa shape index (κ3) is 3.82. The largest absolute Gasteiger partial charge is 0.378 e. The van der Waals surface area contributed by atoms with Gasteiger partial charge in [-0.05, 0) is 37.0 Å². The van der Waals surface area contributed by atoms with Gasteiger partial charge in [0.15, 0.2) is 0 Å². The van der Waals surface area contributed by atoms with Crippen LogP contribution in [0.15, 0.2) is 28.7 Å². The van der Waals surface area contributed by atoms with Gasteiger partial charge in [0.25, 0.3) is 0 Å². The maximum Gasteiger partial charge on any atom is 0.0575 e. The quantitative estimate of drug-likeness (QED) is 0.768. The summed E-state index contributed by atoms with van der Waals surface area (Å²) in [5, 5.41) is 0. The highest BCUT2D eigenvalue weighted by atomic mass is 79.9. The van der Waals surface area contributed by atoms with Crippen LogP contribution in [0, 0.1) is 0 Å². The Labute approximate surface area is 113 Å². The molecule has 0 amide bonds. The van der Waals surface area contributed by atoms with Gasteiger partial charge in [-0.1, -0.05) is 47.8 Å². The van der Waals surface area contributed by atoms with Gasteiger partial charge in [0.05, 0.1) is 12.7 Å². The molecule has 2 heteroatoms. The van der Waals surface area contributed by atoms with Crippen molar-refractivity contribution in [2.24, 2.45) is 0 Å². The maximum atomic E-state index is 5.97. The molecule has 2 unspecified atom stereocenters. The first-order chi connectivity index (χ1) is 8.29. The second-order valence-corrected chi connectivity index (χ2v) is 5.84. The molecule has 0 saturated carbocycles. The van der Waals surface area contributed by atoms with E-state index in [1.807, 2.05) is 0 Å².